The van der Waals surface area contributed by atoms with Gasteiger partial charge in [0.2, 0.25) is 0 Å². The largest absolute Gasteiger partial charge is 0.320 e. The van der Waals surface area contributed by atoms with Crippen molar-refractivity contribution in [3.05, 3.63) is 33.1 Å². The fourth-order valence-corrected chi connectivity index (χ4v) is 4.87. The van der Waals surface area contributed by atoms with E-state index < -0.39 is 10.0 Å². The van der Waals surface area contributed by atoms with Crippen LogP contribution in [0.3, 0.4) is 0 Å². The molecule has 0 aliphatic heterocycles. The number of rotatable bonds is 4. The lowest BCUT2D eigenvalue weighted by atomic mass is 10.3. The topological polar surface area (TPSA) is 76.3 Å². The maximum absolute atomic E-state index is 12.4. The molecule has 21 heavy (non-hydrogen) atoms. The maximum Gasteiger partial charge on any atom is 0.254 e. The molecule has 2 heterocycles. The number of nitrogens with zero attached hydrogens (tertiary/aromatic N) is 2. The van der Waals surface area contributed by atoms with Crippen molar-refractivity contribution in [2.24, 2.45) is 5.73 Å². The van der Waals surface area contributed by atoms with Crippen LogP contribution in [0.15, 0.2) is 21.9 Å². The number of hydrogen-bond donors (Lipinski definition) is 1. The quantitative estimate of drug-likeness (QED) is 0.858. The summed E-state index contributed by atoms with van der Waals surface area (Å²) >= 11 is 2.66. The van der Waals surface area contributed by atoms with E-state index in [1.807, 2.05) is 11.4 Å². The molecule has 5 nitrogen and oxygen atoms in total. The van der Waals surface area contributed by atoms with Crippen LogP contribution in [0.4, 0.5) is 0 Å². The van der Waals surface area contributed by atoms with Gasteiger partial charge in [-0.1, -0.05) is 11.8 Å². The fraction of sp³-hybridized carbons (Fsp3) is 0.308. The molecule has 0 fully saturated rings. The second kappa shape index (κ2) is 6.68. The highest BCUT2D eigenvalue weighted by Crippen LogP contribution is 2.23. The van der Waals surface area contributed by atoms with Crippen molar-refractivity contribution in [1.29, 1.82) is 0 Å². The van der Waals surface area contributed by atoms with Crippen molar-refractivity contribution in [3.63, 3.8) is 0 Å². The van der Waals surface area contributed by atoms with E-state index >= 15 is 0 Å². The summed E-state index contributed by atoms with van der Waals surface area (Å²) in [5.74, 6) is 5.72. The van der Waals surface area contributed by atoms with Crippen molar-refractivity contribution in [1.82, 2.24) is 9.29 Å². The highest BCUT2D eigenvalue weighted by Gasteiger charge is 2.23. The van der Waals surface area contributed by atoms with Crippen molar-refractivity contribution < 1.29 is 8.42 Å². The number of thiazole rings is 1. The van der Waals surface area contributed by atoms with Gasteiger partial charge in [0.15, 0.2) is 4.21 Å². The molecule has 0 atom stereocenters. The fourth-order valence-electron chi connectivity index (χ4n) is 1.62. The third-order valence-corrected chi connectivity index (χ3v) is 6.68. The lowest BCUT2D eigenvalue weighted by molar-refractivity contribution is 0.469. The van der Waals surface area contributed by atoms with Gasteiger partial charge in [-0.25, -0.2) is 13.4 Å². The summed E-state index contributed by atoms with van der Waals surface area (Å²) in [5.41, 5.74) is 6.24. The average Bonchev–Trinajstić information content (AvgIpc) is 3.05. The third kappa shape index (κ3) is 3.90. The van der Waals surface area contributed by atoms with E-state index in [4.69, 9.17) is 5.73 Å². The predicted octanol–water partition coefficient (Wildman–Crippen LogP) is 1.64. The molecule has 8 heteroatoms. The molecule has 112 valence electrons. The first-order valence-corrected chi connectivity index (χ1v) is 9.22. The molecule has 0 aliphatic carbocycles. The molecule has 0 spiro atoms. The molecule has 2 rings (SSSR count). The Hall–Kier alpha value is -1.24. The van der Waals surface area contributed by atoms with Crippen molar-refractivity contribution in [2.45, 2.75) is 17.7 Å². The van der Waals surface area contributed by atoms with E-state index in [2.05, 4.69) is 16.8 Å². The predicted molar refractivity (Wildman–Crippen MR) is 85.8 cm³/mol. The van der Waals surface area contributed by atoms with E-state index in [-0.39, 0.29) is 4.21 Å². The number of aryl methyl sites for hydroxylation is 1. The van der Waals surface area contributed by atoms with Crippen LogP contribution in [0, 0.1) is 18.8 Å². The lowest BCUT2D eigenvalue weighted by Gasteiger charge is -2.14. The van der Waals surface area contributed by atoms with E-state index in [0.29, 0.717) is 13.1 Å². The Morgan fingerprint density at radius 1 is 1.48 bits per heavy atom. The minimum atomic E-state index is -3.49. The first-order chi connectivity index (χ1) is 9.93. The molecular weight excluding hydrogens is 326 g/mol. The monoisotopic (exact) mass is 341 g/mol. The van der Waals surface area contributed by atoms with Crippen LogP contribution in [0.25, 0.3) is 0 Å². The zero-order chi connectivity index (χ0) is 15.5. The van der Waals surface area contributed by atoms with Gasteiger partial charge in [-0.15, -0.1) is 22.7 Å². The van der Waals surface area contributed by atoms with Gasteiger partial charge in [0, 0.05) is 13.6 Å². The molecule has 0 unspecified atom stereocenters. The van der Waals surface area contributed by atoms with Gasteiger partial charge in [-0.05, 0) is 23.9 Å². The minimum absolute atomic E-state index is 0.265. The number of thiophene rings is 1. The molecule has 0 bridgehead atoms. The Kier molecular flexibility index (Phi) is 5.13. The van der Waals surface area contributed by atoms with Crippen LogP contribution in [-0.4, -0.2) is 31.3 Å². The van der Waals surface area contributed by atoms with Gasteiger partial charge in [0.25, 0.3) is 10.0 Å². The Balaban J connectivity index is 2.14. The molecule has 0 radical (unpaired) electrons. The standard InChI is InChI=1S/C13H15N3O2S3/c1-10-15-7-13(20-10)21(17,18)16(2)8-11-6-12(19-9-11)4-3-5-14/h6-7,9H,5,8,14H2,1-2H3. The zero-order valence-electron chi connectivity index (χ0n) is 11.7. The summed E-state index contributed by atoms with van der Waals surface area (Å²) < 4.78 is 26.4. The Labute approximate surface area is 132 Å². The molecule has 0 saturated carbocycles. The van der Waals surface area contributed by atoms with Crippen LogP contribution in [0.2, 0.25) is 0 Å². The van der Waals surface area contributed by atoms with Gasteiger partial charge in [-0.3, -0.25) is 0 Å². The third-order valence-electron chi connectivity index (χ3n) is 2.64. The number of aromatic nitrogens is 1. The van der Waals surface area contributed by atoms with Gasteiger partial charge >= 0.3 is 0 Å². The molecular formula is C13H15N3O2S3. The summed E-state index contributed by atoms with van der Waals surface area (Å²) in [7, 11) is -1.92. The molecule has 0 aromatic carbocycles. The first kappa shape index (κ1) is 16.1. The van der Waals surface area contributed by atoms with Gasteiger partial charge in [-0.2, -0.15) is 4.31 Å². The number of nitrogens with two attached hydrogens (primary N) is 1. The van der Waals surface area contributed by atoms with Gasteiger partial charge in [0.05, 0.1) is 22.6 Å². The minimum Gasteiger partial charge on any atom is -0.320 e. The van der Waals surface area contributed by atoms with Crippen molar-refractivity contribution >= 4 is 32.7 Å². The molecule has 2 aromatic rings. The molecule has 0 aliphatic rings. The highest BCUT2D eigenvalue weighted by molar-refractivity contribution is 7.91. The summed E-state index contributed by atoms with van der Waals surface area (Å²) in [4.78, 5) is 4.88. The Bertz CT molecular complexity index is 781. The summed E-state index contributed by atoms with van der Waals surface area (Å²) in [6.07, 6.45) is 1.40. The average molecular weight is 341 g/mol. The van der Waals surface area contributed by atoms with E-state index in [0.717, 1.165) is 15.4 Å². The summed E-state index contributed by atoms with van der Waals surface area (Å²) in [6, 6.07) is 1.89. The Morgan fingerprint density at radius 2 is 2.24 bits per heavy atom. The van der Waals surface area contributed by atoms with Crippen LogP contribution in [0.5, 0.6) is 0 Å². The summed E-state index contributed by atoms with van der Waals surface area (Å²) in [5, 5.41) is 2.64. The molecule has 0 saturated heterocycles. The zero-order valence-corrected chi connectivity index (χ0v) is 14.1. The van der Waals surface area contributed by atoms with Gasteiger partial charge < -0.3 is 5.73 Å². The molecule has 2 N–H and O–H groups in total. The lowest BCUT2D eigenvalue weighted by Crippen LogP contribution is -2.25. The Morgan fingerprint density at radius 3 is 2.86 bits per heavy atom. The normalized spacial score (nSPS) is 11.4. The number of hydrogen-bond acceptors (Lipinski definition) is 6. The van der Waals surface area contributed by atoms with Crippen molar-refractivity contribution in [2.75, 3.05) is 13.6 Å². The second-order valence-corrected chi connectivity index (χ2v) is 8.70. The van der Waals surface area contributed by atoms with Crippen LogP contribution in [0.1, 0.15) is 15.4 Å². The smallest absolute Gasteiger partial charge is 0.254 e. The first-order valence-electron chi connectivity index (χ1n) is 6.08. The van der Waals surface area contributed by atoms with Crippen LogP contribution < -0.4 is 5.73 Å². The summed E-state index contributed by atoms with van der Waals surface area (Å²) in [6.45, 7) is 2.40. The maximum atomic E-state index is 12.4. The van der Waals surface area contributed by atoms with Crippen molar-refractivity contribution in [3.8, 4) is 11.8 Å². The second-order valence-electron chi connectivity index (χ2n) is 4.28. The molecule has 0 amide bonds. The highest BCUT2D eigenvalue weighted by atomic mass is 32.2. The number of sulfonamides is 1. The van der Waals surface area contributed by atoms with Gasteiger partial charge in [0.1, 0.15) is 0 Å². The van der Waals surface area contributed by atoms with E-state index in [1.165, 1.54) is 33.2 Å². The molecule has 2 aromatic heterocycles. The van der Waals surface area contributed by atoms with Crippen LogP contribution >= 0.6 is 22.7 Å². The van der Waals surface area contributed by atoms with Crippen LogP contribution in [-0.2, 0) is 16.6 Å². The van der Waals surface area contributed by atoms with E-state index in [9.17, 15) is 8.42 Å². The SMILES string of the molecule is Cc1ncc(S(=O)(=O)N(C)Cc2csc(C#CCN)c2)s1. The van der Waals surface area contributed by atoms with E-state index in [1.54, 1.807) is 14.0 Å².